The molecule has 0 fully saturated rings. The number of halogens is 3. The largest absolute Gasteiger partial charge is 0.279 e. The number of carbonyl (C=O) groups excluding carboxylic acids is 2. The van der Waals surface area contributed by atoms with E-state index in [1.54, 1.807) is 0 Å². The standard InChI is InChI=1S/C8H5Cl3O4S/c9-6(12)5-2-1-3-8(4-5,7(10)13)16(11,14)15/h1-3H,4H2. The second kappa shape index (κ2) is 4.49. The molecule has 0 aromatic rings. The molecule has 0 spiro atoms. The summed E-state index contributed by atoms with van der Waals surface area (Å²) in [6.07, 6.45) is 3.09. The normalized spacial score (nSPS) is 25.1. The monoisotopic (exact) mass is 302 g/mol. The van der Waals surface area contributed by atoms with E-state index in [0.717, 1.165) is 6.08 Å². The third-order valence-electron chi connectivity index (χ3n) is 2.14. The van der Waals surface area contributed by atoms with E-state index >= 15 is 0 Å². The third kappa shape index (κ3) is 2.32. The molecule has 1 aliphatic rings. The smallest absolute Gasteiger partial charge is 0.250 e. The molecule has 0 saturated heterocycles. The lowest BCUT2D eigenvalue weighted by molar-refractivity contribution is -0.113. The van der Waals surface area contributed by atoms with Gasteiger partial charge in [-0.05, 0) is 23.2 Å². The maximum Gasteiger partial charge on any atom is 0.250 e. The molecule has 0 heterocycles. The van der Waals surface area contributed by atoms with Crippen molar-refractivity contribution in [3.05, 3.63) is 23.8 Å². The van der Waals surface area contributed by atoms with E-state index < -0.39 is 30.7 Å². The van der Waals surface area contributed by atoms with Crippen LogP contribution in [0, 0.1) is 0 Å². The predicted molar refractivity (Wildman–Crippen MR) is 61.1 cm³/mol. The van der Waals surface area contributed by atoms with E-state index in [2.05, 4.69) is 0 Å². The first-order valence-corrected chi connectivity index (χ1v) is 6.99. The molecule has 1 aliphatic carbocycles. The zero-order valence-electron chi connectivity index (χ0n) is 7.61. The lowest BCUT2D eigenvalue weighted by Gasteiger charge is -2.25. The molecule has 0 aromatic heterocycles. The fraction of sp³-hybridized carbons (Fsp3) is 0.250. The molecule has 1 unspecified atom stereocenters. The Morgan fingerprint density at radius 1 is 1.31 bits per heavy atom. The van der Waals surface area contributed by atoms with Crippen molar-refractivity contribution in [3.63, 3.8) is 0 Å². The van der Waals surface area contributed by atoms with Gasteiger partial charge >= 0.3 is 0 Å². The number of rotatable bonds is 3. The predicted octanol–water partition coefficient (Wildman–Crippen LogP) is 1.71. The van der Waals surface area contributed by atoms with Crippen molar-refractivity contribution >= 4 is 53.4 Å². The first kappa shape index (κ1) is 13.7. The average molecular weight is 304 g/mol. The van der Waals surface area contributed by atoms with E-state index in [1.807, 2.05) is 0 Å². The Morgan fingerprint density at radius 3 is 2.25 bits per heavy atom. The lowest BCUT2D eigenvalue weighted by atomic mass is 9.95. The zero-order chi connectivity index (χ0) is 12.6. The second-order valence-corrected chi connectivity index (χ2v) is 6.61. The van der Waals surface area contributed by atoms with Crippen LogP contribution in [-0.4, -0.2) is 23.6 Å². The molecule has 0 saturated carbocycles. The highest BCUT2D eigenvalue weighted by Crippen LogP contribution is 2.36. The molecule has 0 N–H and O–H groups in total. The van der Waals surface area contributed by atoms with Crippen molar-refractivity contribution in [3.8, 4) is 0 Å². The molecule has 1 atom stereocenters. The minimum absolute atomic E-state index is 0.0395. The maximum atomic E-state index is 11.3. The molecule has 8 heteroatoms. The van der Waals surface area contributed by atoms with Crippen LogP contribution in [-0.2, 0) is 18.6 Å². The fourth-order valence-corrected chi connectivity index (χ4v) is 3.23. The maximum absolute atomic E-state index is 11.3. The first-order chi connectivity index (χ1) is 7.21. The summed E-state index contributed by atoms with van der Waals surface area (Å²) < 4.78 is 20.6. The summed E-state index contributed by atoms with van der Waals surface area (Å²) in [6, 6.07) is 0. The van der Waals surface area contributed by atoms with Crippen molar-refractivity contribution in [2.24, 2.45) is 0 Å². The molecule has 16 heavy (non-hydrogen) atoms. The van der Waals surface area contributed by atoms with Gasteiger partial charge in [-0.15, -0.1) is 0 Å². The van der Waals surface area contributed by atoms with Crippen molar-refractivity contribution in [2.45, 2.75) is 11.2 Å². The van der Waals surface area contributed by atoms with E-state index in [4.69, 9.17) is 33.9 Å². The molecule has 1 rings (SSSR count). The van der Waals surface area contributed by atoms with Crippen LogP contribution < -0.4 is 0 Å². The molecule has 4 nitrogen and oxygen atoms in total. The summed E-state index contributed by atoms with van der Waals surface area (Å²) in [7, 11) is 0.867. The van der Waals surface area contributed by atoms with Crippen LogP contribution in [0.2, 0.25) is 0 Å². The molecule has 0 aromatic carbocycles. The third-order valence-corrected chi connectivity index (χ3v) is 4.99. The Bertz CT molecular complexity index is 505. The highest BCUT2D eigenvalue weighted by molar-refractivity contribution is 8.15. The summed E-state index contributed by atoms with van der Waals surface area (Å²) in [5.74, 6) is 0. The second-order valence-electron chi connectivity index (χ2n) is 3.10. The van der Waals surface area contributed by atoms with Gasteiger partial charge in [0.2, 0.25) is 10.5 Å². The number of hydrogen-bond donors (Lipinski definition) is 0. The van der Waals surface area contributed by atoms with Crippen molar-refractivity contribution in [1.82, 2.24) is 0 Å². The van der Waals surface area contributed by atoms with Crippen LogP contribution in [0.15, 0.2) is 23.8 Å². The molecule has 0 amide bonds. The summed E-state index contributed by atoms with van der Waals surface area (Å²) in [5.41, 5.74) is -0.0395. The lowest BCUT2D eigenvalue weighted by Crippen LogP contribution is -2.41. The van der Waals surface area contributed by atoms with Gasteiger partial charge in [0.15, 0.2) is 4.75 Å². The van der Waals surface area contributed by atoms with E-state index in [9.17, 15) is 18.0 Å². The van der Waals surface area contributed by atoms with Gasteiger partial charge in [0.1, 0.15) is 0 Å². The number of allylic oxidation sites excluding steroid dienone is 3. The topological polar surface area (TPSA) is 68.3 Å². The molecule has 88 valence electrons. The van der Waals surface area contributed by atoms with Gasteiger partial charge in [0.25, 0.3) is 9.05 Å². The average Bonchev–Trinajstić information content (AvgIpc) is 2.15. The van der Waals surface area contributed by atoms with E-state index in [0.29, 0.717) is 0 Å². The quantitative estimate of drug-likeness (QED) is 0.744. The van der Waals surface area contributed by atoms with Crippen molar-refractivity contribution < 1.29 is 18.0 Å². The zero-order valence-corrected chi connectivity index (χ0v) is 10.7. The fourth-order valence-electron chi connectivity index (χ4n) is 1.25. The molecular formula is C8H5Cl3O4S. The van der Waals surface area contributed by atoms with Gasteiger partial charge in [-0.2, -0.15) is 0 Å². The minimum Gasteiger partial charge on any atom is -0.279 e. The van der Waals surface area contributed by atoms with Crippen LogP contribution in [0.4, 0.5) is 0 Å². The van der Waals surface area contributed by atoms with Crippen LogP contribution in [0.3, 0.4) is 0 Å². The molecule has 0 radical (unpaired) electrons. The van der Waals surface area contributed by atoms with Gasteiger partial charge in [-0.25, -0.2) is 8.42 Å². The van der Waals surface area contributed by atoms with Gasteiger partial charge in [-0.3, -0.25) is 9.59 Å². The van der Waals surface area contributed by atoms with Gasteiger partial charge in [0, 0.05) is 22.7 Å². The van der Waals surface area contributed by atoms with Crippen LogP contribution >= 0.6 is 33.9 Å². The Balaban J connectivity index is 3.32. The van der Waals surface area contributed by atoms with E-state index in [1.165, 1.54) is 12.2 Å². The van der Waals surface area contributed by atoms with Gasteiger partial charge in [0.05, 0.1) is 0 Å². The molecule has 0 aliphatic heterocycles. The molecule has 0 bridgehead atoms. The minimum atomic E-state index is -4.30. The Hall–Kier alpha value is -0.360. The highest BCUT2D eigenvalue weighted by atomic mass is 35.7. The summed E-state index contributed by atoms with van der Waals surface area (Å²) in [5, 5.41) is -2.03. The Morgan fingerprint density at radius 2 is 1.88 bits per heavy atom. The van der Waals surface area contributed by atoms with Crippen LogP contribution in [0.25, 0.3) is 0 Å². The Kier molecular flexibility index (Phi) is 3.84. The number of carbonyl (C=O) groups is 2. The van der Waals surface area contributed by atoms with E-state index in [-0.39, 0.29) is 5.57 Å². The first-order valence-electron chi connectivity index (χ1n) is 3.93. The summed E-state index contributed by atoms with van der Waals surface area (Å²) >= 11 is 10.4. The van der Waals surface area contributed by atoms with Crippen LogP contribution in [0.1, 0.15) is 6.42 Å². The SMILES string of the molecule is O=C(Cl)C1=CC=CC(C(=O)Cl)(S(=O)(=O)Cl)C1. The molecular weight excluding hydrogens is 299 g/mol. The van der Waals surface area contributed by atoms with Crippen molar-refractivity contribution in [1.29, 1.82) is 0 Å². The number of hydrogen-bond acceptors (Lipinski definition) is 4. The van der Waals surface area contributed by atoms with Gasteiger partial charge < -0.3 is 0 Å². The Labute approximate surface area is 106 Å². The highest BCUT2D eigenvalue weighted by Gasteiger charge is 2.49. The summed E-state index contributed by atoms with van der Waals surface area (Å²) in [6.45, 7) is 0. The van der Waals surface area contributed by atoms with Gasteiger partial charge in [-0.1, -0.05) is 18.2 Å². The van der Waals surface area contributed by atoms with Crippen LogP contribution in [0.5, 0.6) is 0 Å². The summed E-state index contributed by atoms with van der Waals surface area (Å²) in [4.78, 5) is 22.1. The van der Waals surface area contributed by atoms with Crippen molar-refractivity contribution in [2.75, 3.05) is 0 Å².